The highest BCUT2D eigenvalue weighted by Crippen LogP contribution is 2.48. The molecule has 0 spiro atoms. The van der Waals surface area contributed by atoms with Crippen LogP contribution in [0.4, 0.5) is 18.9 Å². The fourth-order valence-electron chi connectivity index (χ4n) is 7.74. The lowest BCUT2D eigenvalue weighted by molar-refractivity contribution is -0.140. The number of anilines is 1. The molecule has 1 aromatic heterocycles. The number of sulfonamides is 1. The summed E-state index contributed by atoms with van der Waals surface area (Å²) in [5.41, 5.74) is -1.80. The van der Waals surface area contributed by atoms with Crippen molar-refractivity contribution in [2.75, 3.05) is 11.9 Å². The number of carbonyl (C=O) groups is 3. The topological polar surface area (TPSA) is 152 Å². The number of nitrogens with one attached hydrogen (secondary N) is 3. The van der Waals surface area contributed by atoms with Gasteiger partial charge in [-0.15, -0.1) is 0 Å². The molecule has 0 unspecified atom stereocenters. The summed E-state index contributed by atoms with van der Waals surface area (Å²) < 4.78 is 77.5. The third kappa shape index (κ3) is 7.66. The normalized spacial score (nSPS) is 27.1. The second kappa shape index (κ2) is 14.5. The van der Waals surface area contributed by atoms with Gasteiger partial charge in [0.1, 0.15) is 29.2 Å². The van der Waals surface area contributed by atoms with E-state index in [1.165, 1.54) is 17.0 Å². The summed E-state index contributed by atoms with van der Waals surface area (Å²) >= 11 is 0. The fraction of sp³-hybridized carbons (Fsp3) is 0.538. The molecule has 16 heteroatoms. The Kier molecular flexibility index (Phi) is 10.2. The number of carbonyl (C=O) groups excluding carboxylic acids is 3. The molecule has 2 aliphatic carbocycles. The Morgan fingerprint density at radius 3 is 2.49 bits per heavy atom. The number of halogens is 3. The van der Waals surface area contributed by atoms with Crippen molar-refractivity contribution in [1.29, 1.82) is 0 Å². The summed E-state index contributed by atoms with van der Waals surface area (Å²) in [7, 11) is -4.02. The Labute approximate surface area is 318 Å². The van der Waals surface area contributed by atoms with Gasteiger partial charge in [-0.3, -0.25) is 23.7 Å². The number of hydrogen-bond donors (Lipinski definition) is 3. The van der Waals surface area contributed by atoms with E-state index in [9.17, 15) is 36.0 Å². The number of nitrogens with zero attached hydrogens (tertiary/aromatic N) is 3. The molecule has 3 amide bonds. The van der Waals surface area contributed by atoms with Crippen molar-refractivity contribution in [3.63, 3.8) is 0 Å². The summed E-state index contributed by atoms with van der Waals surface area (Å²) in [6, 6.07) is 10.7. The second-order valence-corrected chi connectivity index (χ2v) is 18.0. The molecule has 0 bridgehead atoms. The Hall–Kier alpha value is -4.60. The maximum absolute atomic E-state index is 14.6. The minimum Gasteiger partial charge on any atom is -0.459 e. The van der Waals surface area contributed by atoms with Gasteiger partial charge in [0.05, 0.1) is 22.4 Å². The predicted molar refractivity (Wildman–Crippen MR) is 199 cm³/mol. The first-order chi connectivity index (χ1) is 26.0. The molecule has 2 aromatic carbocycles. The largest absolute Gasteiger partial charge is 0.459 e. The lowest BCUT2D eigenvalue weighted by Crippen LogP contribution is -2.58. The van der Waals surface area contributed by atoms with Gasteiger partial charge in [0, 0.05) is 24.1 Å². The molecule has 5 atom stereocenters. The Morgan fingerprint density at radius 1 is 1.05 bits per heavy atom. The van der Waals surface area contributed by atoms with Gasteiger partial charge in [0.15, 0.2) is 0 Å². The lowest BCUT2D eigenvalue weighted by Gasteiger charge is -2.30. The average Bonchev–Trinajstić information content (AvgIpc) is 3.95. The third-order valence-corrected chi connectivity index (χ3v) is 13.5. The summed E-state index contributed by atoms with van der Waals surface area (Å²) in [6.07, 6.45) is 2.73. The van der Waals surface area contributed by atoms with Gasteiger partial charge in [-0.2, -0.15) is 18.2 Å². The molecule has 3 N–H and O–H groups in total. The number of rotatable bonds is 8. The van der Waals surface area contributed by atoms with E-state index < -0.39 is 68.0 Å². The molecule has 1 saturated heterocycles. The van der Waals surface area contributed by atoms with Crippen LogP contribution in [0, 0.1) is 5.92 Å². The van der Waals surface area contributed by atoms with Gasteiger partial charge in [0.2, 0.25) is 21.8 Å². The first-order valence-electron chi connectivity index (χ1n) is 19.0. The molecular formula is C39H47F3N6O6S. The van der Waals surface area contributed by atoms with Gasteiger partial charge in [-0.05, 0) is 83.6 Å². The molecular weight excluding hydrogens is 738 g/mol. The van der Waals surface area contributed by atoms with E-state index in [0.717, 1.165) is 18.9 Å². The van der Waals surface area contributed by atoms with Crippen LogP contribution in [0.15, 0.2) is 60.7 Å². The van der Waals surface area contributed by atoms with Crippen LogP contribution in [0.3, 0.4) is 0 Å². The van der Waals surface area contributed by atoms with Crippen molar-refractivity contribution in [3.8, 4) is 6.01 Å². The molecule has 12 nitrogen and oxygen atoms in total. The van der Waals surface area contributed by atoms with E-state index in [1.807, 2.05) is 42.5 Å². The summed E-state index contributed by atoms with van der Waals surface area (Å²) in [4.78, 5) is 48.6. The minimum absolute atomic E-state index is 0.0579. The van der Waals surface area contributed by atoms with Crippen LogP contribution in [0.1, 0.15) is 90.2 Å². The SMILES string of the molecule is CC(C)n1c(O[C@@H]2C[C@H]3C(=O)N[C@]4(C(=O)NS(=O)(=O)C5(C)CC5)C[C@H]4C=CCCCCC[C@H](Nc4ccccc4)C(=O)N3C2)nc2c(C(F)(F)F)cccc21. The number of hydrogen-bond acceptors (Lipinski definition) is 8. The van der Waals surface area contributed by atoms with E-state index in [2.05, 4.69) is 20.3 Å². The fourth-order valence-corrected chi connectivity index (χ4v) is 9.05. The van der Waals surface area contributed by atoms with E-state index in [4.69, 9.17) is 4.74 Å². The maximum Gasteiger partial charge on any atom is 0.418 e. The third-order valence-electron chi connectivity index (χ3n) is 11.4. The molecule has 55 heavy (non-hydrogen) atoms. The predicted octanol–water partition coefficient (Wildman–Crippen LogP) is 5.86. The van der Waals surface area contributed by atoms with Gasteiger partial charge in [0.25, 0.3) is 11.9 Å². The lowest BCUT2D eigenvalue weighted by atomic mass is 10.0. The maximum atomic E-state index is 14.6. The number of benzene rings is 2. The minimum atomic E-state index is -4.66. The first-order valence-corrected chi connectivity index (χ1v) is 20.4. The molecule has 296 valence electrons. The molecule has 2 aliphatic heterocycles. The molecule has 3 aromatic rings. The molecule has 7 rings (SSSR count). The smallest absolute Gasteiger partial charge is 0.418 e. The van der Waals surface area contributed by atoms with E-state index in [-0.39, 0.29) is 48.4 Å². The summed E-state index contributed by atoms with van der Waals surface area (Å²) in [5.74, 6) is -2.34. The number of allylic oxidation sites excluding steroid dienone is 1. The number of amides is 3. The van der Waals surface area contributed by atoms with Gasteiger partial charge in [-0.1, -0.05) is 49.3 Å². The van der Waals surface area contributed by atoms with Crippen LogP contribution in [0.2, 0.25) is 0 Å². The van der Waals surface area contributed by atoms with E-state index in [1.54, 1.807) is 25.3 Å². The Morgan fingerprint density at radius 2 is 1.80 bits per heavy atom. The number of aromatic nitrogens is 2. The quantitative estimate of drug-likeness (QED) is 0.241. The molecule has 2 saturated carbocycles. The van der Waals surface area contributed by atoms with Crippen molar-refractivity contribution < 1.29 is 40.7 Å². The Balaban J connectivity index is 1.23. The van der Waals surface area contributed by atoms with E-state index >= 15 is 0 Å². The van der Waals surface area contributed by atoms with Crippen molar-refractivity contribution >= 4 is 44.5 Å². The van der Waals surface area contributed by atoms with E-state index in [0.29, 0.717) is 37.8 Å². The van der Waals surface area contributed by atoms with Gasteiger partial charge >= 0.3 is 6.18 Å². The highest BCUT2D eigenvalue weighted by Gasteiger charge is 2.63. The summed E-state index contributed by atoms with van der Waals surface area (Å²) in [6.45, 7) is 5.06. The molecule has 0 radical (unpaired) electrons. The summed E-state index contributed by atoms with van der Waals surface area (Å²) in [5, 5.41) is 6.20. The monoisotopic (exact) mass is 784 g/mol. The van der Waals surface area contributed by atoms with Crippen molar-refractivity contribution in [1.82, 2.24) is 24.5 Å². The Bertz CT molecular complexity index is 2100. The highest BCUT2D eigenvalue weighted by molar-refractivity contribution is 7.91. The van der Waals surface area contributed by atoms with Crippen molar-refractivity contribution in [2.45, 2.75) is 119 Å². The van der Waals surface area contributed by atoms with Crippen molar-refractivity contribution in [3.05, 3.63) is 66.2 Å². The number of ether oxygens (including phenoxy) is 1. The van der Waals surface area contributed by atoms with Gasteiger partial charge < -0.3 is 20.3 Å². The zero-order chi connectivity index (χ0) is 39.3. The van der Waals surface area contributed by atoms with Gasteiger partial charge in [-0.25, -0.2) is 8.42 Å². The van der Waals surface area contributed by atoms with Crippen LogP contribution >= 0.6 is 0 Å². The number of fused-ring (bicyclic) bond motifs is 3. The first kappa shape index (κ1) is 38.7. The average molecular weight is 785 g/mol. The van der Waals surface area contributed by atoms with Crippen LogP contribution in [0.25, 0.3) is 11.0 Å². The zero-order valence-electron chi connectivity index (χ0n) is 31.1. The van der Waals surface area contributed by atoms with Crippen molar-refractivity contribution in [2.24, 2.45) is 5.92 Å². The highest BCUT2D eigenvalue weighted by atomic mass is 32.2. The van der Waals surface area contributed by atoms with Crippen LogP contribution in [0.5, 0.6) is 6.01 Å². The van der Waals surface area contributed by atoms with Crippen LogP contribution in [-0.4, -0.2) is 75.6 Å². The second-order valence-electron chi connectivity index (χ2n) is 15.8. The van der Waals surface area contributed by atoms with Crippen LogP contribution < -0.4 is 20.1 Å². The van der Waals surface area contributed by atoms with Crippen LogP contribution in [-0.2, 0) is 30.6 Å². The molecule has 3 fully saturated rings. The molecule has 3 heterocycles. The number of imidazole rings is 1. The zero-order valence-corrected chi connectivity index (χ0v) is 31.9. The standard InChI is InChI=1S/C39H47F3N6O6S/c1-24(2)48-30-18-12-16-28(39(40,41)42)32(30)44-36(48)54-27-21-31-33(49)45-38(35(51)46-55(52,53)37(3)19-20-37)22-25(38)13-8-5-4-6-11-17-29(34(50)47(31)23-27)43-26-14-9-7-10-15-26/h7-10,12-16,18,24-25,27,29,31,43H,4-6,11,17,19-23H2,1-3H3,(H,45,49)(H,46,51)/t25-,27-,29+,31+,38-/m1/s1. The molecule has 4 aliphatic rings. The number of alkyl halides is 3. The number of para-hydroxylation sites is 2.